The Bertz CT molecular complexity index is 649. The molecule has 1 aromatic rings. The maximum absolute atomic E-state index is 12.8. The van der Waals surface area contributed by atoms with E-state index in [1.807, 2.05) is 11.8 Å². The minimum Gasteiger partial charge on any atom is -0.483 e. The van der Waals surface area contributed by atoms with Crippen LogP contribution in [0.2, 0.25) is 0 Å². The second kappa shape index (κ2) is 10.0. The first-order chi connectivity index (χ1) is 13.0. The van der Waals surface area contributed by atoms with Crippen LogP contribution in [0.4, 0.5) is 0 Å². The molecule has 0 radical (unpaired) electrons. The lowest BCUT2D eigenvalue weighted by Crippen LogP contribution is -2.48. The first-order valence-electron chi connectivity index (χ1n) is 9.20. The van der Waals surface area contributed by atoms with E-state index < -0.39 is 0 Å². The summed E-state index contributed by atoms with van der Waals surface area (Å²) in [6, 6.07) is -0.260. The van der Waals surface area contributed by atoms with Gasteiger partial charge in [0.2, 0.25) is 11.8 Å². The second-order valence-electron chi connectivity index (χ2n) is 6.77. The Labute approximate surface area is 158 Å². The zero-order valence-corrected chi connectivity index (χ0v) is 15.9. The van der Waals surface area contributed by atoms with Crippen LogP contribution in [0, 0.1) is 6.92 Å². The van der Waals surface area contributed by atoms with Gasteiger partial charge in [-0.25, -0.2) is 4.98 Å². The van der Waals surface area contributed by atoms with Gasteiger partial charge in [-0.05, 0) is 26.2 Å². The van der Waals surface area contributed by atoms with Crippen molar-refractivity contribution in [2.45, 2.75) is 45.7 Å². The van der Waals surface area contributed by atoms with Gasteiger partial charge in [-0.3, -0.25) is 24.4 Å². The number of nitrogens with zero attached hydrogens (tertiary/aromatic N) is 5. The van der Waals surface area contributed by atoms with Crippen LogP contribution in [-0.2, 0) is 20.9 Å². The highest BCUT2D eigenvalue weighted by Gasteiger charge is 2.35. The van der Waals surface area contributed by atoms with Gasteiger partial charge in [0.1, 0.15) is 11.9 Å². The summed E-state index contributed by atoms with van der Waals surface area (Å²) in [6.07, 6.45) is 2.64. The molecule has 27 heavy (non-hydrogen) atoms. The Morgan fingerprint density at radius 3 is 2.59 bits per heavy atom. The summed E-state index contributed by atoms with van der Waals surface area (Å²) in [6.45, 7) is 7.79. The molecule has 0 spiro atoms. The van der Waals surface area contributed by atoms with Crippen molar-refractivity contribution in [3.8, 4) is 0 Å². The van der Waals surface area contributed by atoms with Gasteiger partial charge in [0, 0.05) is 39.6 Å². The zero-order chi connectivity index (χ0) is 19.8. The van der Waals surface area contributed by atoms with Gasteiger partial charge < -0.3 is 14.9 Å². The Kier molecular flexibility index (Phi) is 7.71. The number of hydrogen-bond acceptors (Lipinski definition) is 6. The van der Waals surface area contributed by atoms with Crippen molar-refractivity contribution in [2.75, 3.05) is 32.7 Å². The number of carboxylic acid groups (broad SMARTS) is 1. The number of amides is 2. The number of aromatic amines is 1. The minimum absolute atomic E-state index is 0.00211. The number of aromatic nitrogens is 3. The number of carbonyl (C=O) groups excluding carboxylic acids is 2. The average Bonchev–Trinajstić information content (AvgIpc) is 3.20. The monoisotopic (exact) mass is 380 g/mol. The smallest absolute Gasteiger partial charge is 0.290 e. The highest BCUT2D eigenvalue weighted by molar-refractivity contribution is 5.87. The van der Waals surface area contributed by atoms with Gasteiger partial charge in [0.15, 0.2) is 5.82 Å². The van der Waals surface area contributed by atoms with Crippen LogP contribution >= 0.6 is 0 Å². The molecule has 0 saturated carbocycles. The van der Waals surface area contributed by atoms with Crippen molar-refractivity contribution in [3.63, 3.8) is 0 Å². The fourth-order valence-electron chi connectivity index (χ4n) is 3.62. The van der Waals surface area contributed by atoms with Gasteiger partial charge in [0.25, 0.3) is 6.47 Å². The highest BCUT2D eigenvalue weighted by Crippen LogP contribution is 2.20. The van der Waals surface area contributed by atoms with Crippen molar-refractivity contribution < 1.29 is 19.5 Å². The summed E-state index contributed by atoms with van der Waals surface area (Å²) in [7, 11) is 0. The summed E-state index contributed by atoms with van der Waals surface area (Å²) in [5.41, 5.74) is 0. The van der Waals surface area contributed by atoms with Gasteiger partial charge in [-0.1, -0.05) is 0 Å². The first kappa shape index (κ1) is 20.8. The molecule has 10 heteroatoms. The molecule has 2 saturated heterocycles. The fourth-order valence-corrected chi connectivity index (χ4v) is 3.62. The topological polar surface area (TPSA) is 123 Å². The number of hydrogen-bond donors (Lipinski definition) is 2. The molecule has 3 heterocycles. The van der Waals surface area contributed by atoms with Gasteiger partial charge in [0.05, 0.1) is 6.54 Å². The normalized spacial score (nSPS) is 20.6. The average molecular weight is 380 g/mol. The summed E-state index contributed by atoms with van der Waals surface area (Å²) < 4.78 is 0. The second-order valence-corrected chi connectivity index (χ2v) is 6.77. The summed E-state index contributed by atoms with van der Waals surface area (Å²) >= 11 is 0. The third-order valence-corrected chi connectivity index (χ3v) is 4.85. The standard InChI is InChI=1S/C16H26N6O2.CH2O2/c1-12-17-15(19-18-12)11-20-6-4-7-21(10-9-20)16(24)14-5-3-8-22(14)13(2)23;2-1-3/h14H,3-11H2,1-2H3,(H,17,18,19);1H,(H,2,3)/t14-;/m0./s1. The largest absolute Gasteiger partial charge is 0.483 e. The van der Waals surface area contributed by atoms with E-state index in [4.69, 9.17) is 9.90 Å². The third kappa shape index (κ3) is 5.75. The molecule has 2 N–H and O–H groups in total. The molecule has 1 atom stereocenters. The Hall–Kier alpha value is -2.49. The molecule has 2 aliphatic rings. The van der Waals surface area contributed by atoms with Crippen LogP contribution in [0.3, 0.4) is 0 Å². The van der Waals surface area contributed by atoms with E-state index in [1.165, 1.54) is 0 Å². The lowest BCUT2D eigenvalue weighted by molar-refractivity contribution is -0.142. The van der Waals surface area contributed by atoms with E-state index in [9.17, 15) is 9.59 Å². The molecule has 2 aliphatic heterocycles. The Balaban J connectivity index is 0.000000817. The van der Waals surface area contributed by atoms with Crippen LogP contribution in [0.25, 0.3) is 0 Å². The minimum atomic E-state index is -0.260. The number of rotatable bonds is 3. The molecule has 2 amide bonds. The molecule has 0 aliphatic carbocycles. The van der Waals surface area contributed by atoms with Crippen LogP contribution in [0.15, 0.2) is 0 Å². The molecule has 150 valence electrons. The molecule has 2 fully saturated rings. The lowest BCUT2D eigenvalue weighted by Gasteiger charge is -2.29. The first-order valence-corrected chi connectivity index (χ1v) is 9.20. The maximum atomic E-state index is 12.8. The quantitative estimate of drug-likeness (QED) is 0.700. The molecule has 3 rings (SSSR count). The molecular weight excluding hydrogens is 352 g/mol. The van der Waals surface area contributed by atoms with Crippen molar-refractivity contribution in [3.05, 3.63) is 11.6 Å². The van der Waals surface area contributed by atoms with E-state index in [2.05, 4.69) is 20.1 Å². The number of likely N-dealkylation sites (tertiary alicyclic amines) is 1. The number of H-pyrrole nitrogens is 1. The summed E-state index contributed by atoms with van der Waals surface area (Å²) in [5.74, 6) is 1.73. The van der Waals surface area contributed by atoms with Crippen LogP contribution < -0.4 is 0 Å². The lowest BCUT2D eigenvalue weighted by atomic mass is 10.2. The summed E-state index contributed by atoms with van der Waals surface area (Å²) in [4.78, 5) is 43.2. The number of aryl methyl sites for hydroxylation is 1. The van der Waals surface area contributed by atoms with Crippen LogP contribution in [-0.4, -0.2) is 92.0 Å². The van der Waals surface area contributed by atoms with E-state index in [-0.39, 0.29) is 24.3 Å². The van der Waals surface area contributed by atoms with Crippen molar-refractivity contribution in [1.29, 1.82) is 0 Å². The molecule has 1 aromatic heterocycles. The maximum Gasteiger partial charge on any atom is 0.290 e. The third-order valence-electron chi connectivity index (χ3n) is 4.85. The molecule has 0 aromatic carbocycles. The molecular formula is C17H28N6O4. The van der Waals surface area contributed by atoms with Crippen molar-refractivity contribution in [1.82, 2.24) is 29.9 Å². The van der Waals surface area contributed by atoms with Gasteiger partial charge in [-0.15, -0.1) is 0 Å². The van der Waals surface area contributed by atoms with Crippen molar-refractivity contribution in [2.24, 2.45) is 0 Å². The SMILES string of the molecule is CC(=O)N1CCC[C@H]1C(=O)N1CCCN(Cc2n[nH]c(C)n2)CC1.O=CO. The fraction of sp³-hybridized carbons (Fsp3) is 0.706. The number of nitrogens with one attached hydrogen (secondary N) is 1. The predicted molar refractivity (Wildman–Crippen MR) is 96.7 cm³/mol. The predicted octanol–water partition coefficient (Wildman–Crippen LogP) is -0.141. The van der Waals surface area contributed by atoms with E-state index >= 15 is 0 Å². The van der Waals surface area contributed by atoms with Crippen LogP contribution in [0.5, 0.6) is 0 Å². The Morgan fingerprint density at radius 1 is 1.22 bits per heavy atom. The Morgan fingerprint density at radius 2 is 1.96 bits per heavy atom. The summed E-state index contributed by atoms with van der Waals surface area (Å²) in [5, 5.41) is 13.9. The van der Waals surface area contributed by atoms with Crippen LogP contribution in [0.1, 0.15) is 37.8 Å². The van der Waals surface area contributed by atoms with E-state index in [0.29, 0.717) is 19.6 Å². The molecule has 0 bridgehead atoms. The highest BCUT2D eigenvalue weighted by atomic mass is 16.3. The van der Waals surface area contributed by atoms with Gasteiger partial charge >= 0.3 is 0 Å². The van der Waals surface area contributed by atoms with Gasteiger partial charge in [-0.2, -0.15) is 5.10 Å². The number of carbonyl (C=O) groups is 3. The van der Waals surface area contributed by atoms with E-state index in [0.717, 1.165) is 50.5 Å². The molecule has 10 nitrogen and oxygen atoms in total. The van der Waals surface area contributed by atoms with E-state index in [1.54, 1.807) is 11.8 Å². The van der Waals surface area contributed by atoms with Crippen molar-refractivity contribution >= 4 is 18.3 Å². The zero-order valence-electron chi connectivity index (χ0n) is 15.9. The molecule has 0 unspecified atom stereocenters.